The molecule has 0 aromatic heterocycles. The molecule has 1 aromatic carbocycles. The van der Waals surface area contributed by atoms with Crippen LogP contribution in [0.2, 0.25) is 0 Å². The number of benzene rings is 1. The van der Waals surface area contributed by atoms with E-state index in [1.54, 1.807) is 0 Å². The zero-order chi connectivity index (χ0) is 21.2. The molecular weight excluding hydrogens is 521 g/mol. The molecule has 6 nitrogen and oxygen atoms in total. The minimum absolute atomic E-state index is 0. The van der Waals surface area contributed by atoms with Gasteiger partial charge in [0.05, 0.1) is 0 Å². The molecule has 1 aliphatic carbocycles. The quantitative estimate of drug-likeness (QED) is 0.291. The van der Waals surface area contributed by atoms with Crippen LogP contribution >= 0.6 is 24.0 Å². The van der Waals surface area contributed by atoms with Crippen LogP contribution in [0.3, 0.4) is 0 Å². The van der Waals surface area contributed by atoms with Crippen molar-refractivity contribution in [2.75, 3.05) is 52.1 Å². The Morgan fingerprint density at radius 2 is 1.84 bits per heavy atom. The van der Waals surface area contributed by atoms with E-state index in [9.17, 15) is 4.21 Å². The van der Waals surface area contributed by atoms with Crippen molar-refractivity contribution in [2.45, 2.75) is 50.4 Å². The fourth-order valence-corrected chi connectivity index (χ4v) is 5.83. The average molecular weight is 562 g/mol. The van der Waals surface area contributed by atoms with Gasteiger partial charge < -0.3 is 10.6 Å². The number of halogens is 1. The second kappa shape index (κ2) is 14.4. The van der Waals surface area contributed by atoms with Crippen LogP contribution in [0.25, 0.3) is 0 Å². The number of nitrogens with one attached hydrogen (secondary N) is 2. The molecule has 2 fully saturated rings. The number of rotatable bonds is 8. The summed E-state index contributed by atoms with van der Waals surface area (Å²) in [4.78, 5) is 9.48. The minimum Gasteiger partial charge on any atom is -0.355 e. The molecule has 1 heterocycles. The fraction of sp³-hybridized carbons (Fsp3) is 0.696. The molecule has 3 rings (SSSR count). The smallest absolute Gasteiger partial charge is 0.191 e. The first-order valence-electron chi connectivity index (χ1n) is 11.5. The molecule has 31 heavy (non-hydrogen) atoms. The molecule has 1 aromatic rings. The summed E-state index contributed by atoms with van der Waals surface area (Å²) in [6.45, 7) is 9.49. The van der Waals surface area contributed by atoms with Crippen molar-refractivity contribution in [3.05, 3.63) is 35.9 Å². The molecule has 176 valence electrons. The maximum absolute atomic E-state index is 12.2. The minimum atomic E-state index is -0.687. The lowest BCUT2D eigenvalue weighted by molar-refractivity contribution is 0.129. The SMILES string of the molecule is CCS(=O)C1CCCC(NC(=NC)NCCN2CCN(Cc3ccccc3)CC2)C1.I. The van der Waals surface area contributed by atoms with Gasteiger partial charge in [-0.05, 0) is 24.8 Å². The third-order valence-electron chi connectivity index (χ3n) is 6.28. The highest BCUT2D eigenvalue weighted by Gasteiger charge is 2.26. The number of hydrogen-bond donors (Lipinski definition) is 2. The highest BCUT2D eigenvalue weighted by atomic mass is 127. The predicted octanol–water partition coefficient (Wildman–Crippen LogP) is 2.67. The van der Waals surface area contributed by atoms with E-state index in [1.165, 1.54) is 5.56 Å². The van der Waals surface area contributed by atoms with Crippen molar-refractivity contribution < 1.29 is 4.21 Å². The van der Waals surface area contributed by atoms with Crippen LogP contribution in [0.1, 0.15) is 38.2 Å². The largest absolute Gasteiger partial charge is 0.355 e. The van der Waals surface area contributed by atoms with Gasteiger partial charge in [0, 0.05) is 80.7 Å². The van der Waals surface area contributed by atoms with Crippen molar-refractivity contribution in [2.24, 2.45) is 4.99 Å². The standard InChI is InChI=1S/C23H39N5OS.HI/c1-3-30(29)22-11-7-10-21(18-22)26-23(24-2)25-12-13-27-14-16-28(17-15-27)19-20-8-5-4-6-9-20;/h4-6,8-9,21-22H,3,7,10-19H2,1-2H3,(H2,24,25,26);1H. The molecule has 0 radical (unpaired) electrons. The second-order valence-electron chi connectivity index (χ2n) is 8.40. The fourth-order valence-electron chi connectivity index (χ4n) is 4.48. The van der Waals surface area contributed by atoms with Crippen molar-refractivity contribution in [3.8, 4) is 0 Å². The number of hydrogen-bond acceptors (Lipinski definition) is 4. The third-order valence-corrected chi connectivity index (χ3v) is 8.02. The van der Waals surface area contributed by atoms with Crippen molar-refractivity contribution in [1.29, 1.82) is 0 Å². The van der Waals surface area contributed by atoms with Gasteiger partial charge in [-0.3, -0.25) is 19.0 Å². The normalized spacial score (nSPS) is 24.3. The number of aliphatic imine (C=N–C) groups is 1. The van der Waals surface area contributed by atoms with Gasteiger partial charge in [0.2, 0.25) is 0 Å². The molecule has 3 unspecified atom stereocenters. The summed E-state index contributed by atoms with van der Waals surface area (Å²) in [5.41, 5.74) is 1.40. The van der Waals surface area contributed by atoms with Gasteiger partial charge in [-0.15, -0.1) is 24.0 Å². The molecule has 1 saturated carbocycles. The topological polar surface area (TPSA) is 60.0 Å². The first-order valence-corrected chi connectivity index (χ1v) is 12.9. The molecule has 0 bridgehead atoms. The Hall–Kier alpha value is -0.710. The molecule has 2 N–H and O–H groups in total. The van der Waals surface area contributed by atoms with Gasteiger partial charge in [0.25, 0.3) is 0 Å². The van der Waals surface area contributed by atoms with Crippen LogP contribution in [0, 0.1) is 0 Å². The summed E-state index contributed by atoms with van der Waals surface area (Å²) in [7, 11) is 1.15. The summed E-state index contributed by atoms with van der Waals surface area (Å²) in [5.74, 6) is 1.65. The van der Waals surface area contributed by atoms with Crippen LogP contribution in [0.15, 0.2) is 35.3 Å². The summed E-state index contributed by atoms with van der Waals surface area (Å²) >= 11 is 0. The van der Waals surface area contributed by atoms with Crippen LogP contribution in [-0.2, 0) is 17.3 Å². The van der Waals surface area contributed by atoms with Crippen molar-refractivity contribution >= 4 is 40.7 Å². The van der Waals surface area contributed by atoms with Crippen LogP contribution < -0.4 is 10.6 Å². The molecular formula is C23H40IN5OS. The van der Waals surface area contributed by atoms with E-state index in [1.807, 2.05) is 14.0 Å². The van der Waals surface area contributed by atoms with E-state index in [-0.39, 0.29) is 24.0 Å². The van der Waals surface area contributed by atoms with Gasteiger partial charge >= 0.3 is 0 Å². The Morgan fingerprint density at radius 3 is 2.52 bits per heavy atom. The lowest BCUT2D eigenvalue weighted by Crippen LogP contribution is -2.50. The predicted molar refractivity (Wildman–Crippen MR) is 143 cm³/mol. The Kier molecular flexibility index (Phi) is 12.4. The summed E-state index contributed by atoms with van der Waals surface area (Å²) in [5, 5.41) is 7.38. The van der Waals surface area contributed by atoms with E-state index in [0.717, 1.165) is 83.2 Å². The summed E-state index contributed by atoms with van der Waals surface area (Å²) < 4.78 is 12.2. The van der Waals surface area contributed by atoms with Gasteiger partial charge in [-0.25, -0.2) is 0 Å². The third kappa shape index (κ3) is 8.98. The zero-order valence-electron chi connectivity index (χ0n) is 19.1. The van der Waals surface area contributed by atoms with Crippen molar-refractivity contribution in [3.63, 3.8) is 0 Å². The van der Waals surface area contributed by atoms with Gasteiger partial charge in [-0.1, -0.05) is 43.7 Å². The molecule has 1 aliphatic heterocycles. The lowest BCUT2D eigenvalue weighted by Gasteiger charge is -2.35. The number of nitrogens with zero attached hydrogens (tertiary/aromatic N) is 3. The van der Waals surface area contributed by atoms with Crippen LogP contribution in [0.5, 0.6) is 0 Å². The highest BCUT2D eigenvalue weighted by molar-refractivity contribution is 14.0. The first kappa shape index (κ1) is 26.5. The Morgan fingerprint density at radius 1 is 1.13 bits per heavy atom. The Balaban J connectivity index is 0.00000341. The maximum Gasteiger partial charge on any atom is 0.191 e. The van der Waals surface area contributed by atoms with E-state index < -0.39 is 10.8 Å². The van der Waals surface area contributed by atoms with E-state index in [4.69, 9.17) is 0 Å². The maximum atomic E-state index is 12.2. The molecule has 2 aliphatic rings. The molecule has 0 spiro atoms. The highest BCUT2D eigenvalue weighted by Crippen LogP contribution is 2.22. The van der Waals surface area contributed by atoms with Gasteiger partial charge in [0.1, 0.15) is 0 Å². The van der Waals surface area contributed by atoms with Crippen molar-refractivity contribution in [1.82, 2.24) is 20.4 Å². The van der Waals surface area contributed by atoms with Crippen LogP contribution in [0.4, 0.5) is 0 Å². The molecule has 8 heteroatoms. The monoisotopic (exact) mass is 561 g/mol. The van der Waals surface area contributed by atoms with E-state index in [2.05, 4.69) is 55.8 Å². The second-order valence-corrected chi connectivity index (χ2v) is 10.4. The lowest BCUT2D eigenvalue weighted by atomic mass is 9.95. The van der Waals surface area contributed by atoms with E-state index in [0.29, 0.717) is 11.3 Å². The average Bonchev–Trinajstić information content (AvgIpc) is 2.80. The summed E-state index contributed by atoms with van der Waals surface area (Å²) in [6.07, 6.45) is 4.38. The Bertz CT molecular complexity index is 682. The zero-order valence-corrected chi connectivity index (χ0v) is 22.2. The molecule has 1 saturated heterocycles. The first-order chi connectivity index (χ1) is 14.7. The molecule has 3 atom stereocenters. The van der Waals surface area contributed by atoms with Gasteiger partial charge in [-0.2, -0.15) is 0 Å². The molecule has 0 amide bonds. The number of guanidine groups is 1. The van der Waals surface area contributed by atoms with E-state index >= 15 is 0 Å². The van der Waals surface area contributed by atoms with Gasteiger partial charge in [0.15, 0.2) is 5.96 Å². The summed E-state index contributed by atoms with van der Waals surface area (Å²) in [6, 6.07) is 11.1. The Labute approximate surface area is 208 Å². The number of piperazine rings is 1. The van der Waals surface area contributed by atoms with Crippen LogP contribution in [-0.4, -0.2) is 83.3 Å².